The van der Waals surface area contributed by atoms with Crippen LogP contribution in [-0.4, -0.2) is 69.2 Å². The molecule has 1 amide bonds. The normalized spacial score (nSPS) is 19.6. The van der Waals surface area contributed by atoms with Gasteiger partial charge in [-0.2, -0.15) is 13.2 Å². The van der Waals surface area contributed by atoms with Gasteiger partial charge in [-0.05, 0) is 56.1 Å². The molecular weight excluding hydrogens is 588 g/mol. The molecule has 2 aliphatic carbocycles. The molecule has 1 N–H and O–H groups in total. The monoisotopic (exact) mass is 626 g/mol. The van der Waals surface area contributed by atoms with Crippen LogP contribution in [0.4, 0.5) is 23.2 Å². The fourth-order valence-corrected chi connectivity index (χ4v) is 5.85. The highest BCUT2D eigenvalue weighted by Gasteiger charge is 2.47. The van der Waals surface area contributed by atoms with Gasteiger partial charge in [0.15, 0.2) is 11.6 Å². The smallest absolute Gasteiger partial charge is 0.421 e. The maximum atomic E-state index is 15.7. The Hall–Kier alpha value is -3.29. The average molecular weight is 627 g/mol. The van der Waals surface area contributed by atoms with Crippen molar-refractivity contribution in [1.29, 1.82) is 0 Å². The van der Waals surface area contributed by atoms with Crippen molar-refractivity contribution in [2.45, 2.75) is 63.1 Å². The molecule has 4 rings (SSSR count). The molecule has 0 saturated heterocycles. The highest BCUT2D eigenvalue weighted by atomic mass is 19.4. The summed E-state index contributed by atoms with van der Waals surface area (Å²) in [6.45, 7) is 2.21. The van der Waals surface area contributed by atoms with Crippen molar-refractivity contribution in [3.63, 3.8) is 0 Å². The molecule has 9 nitrogen and oxygen atoms in total. The molecule has 0 radical (unpaired) electrons. The first kappa shape index (κ1) is 33.6. The number of pyridine rings is 1. The van der Waals surface area contributed by atoms with Crippen LogP contribution in [0.25, 0.3) is 0 Å². The Morgan fingerprint density at radius 3 is 2.20 bits per heavy atom. The number of hydrogen-bond acceptors (Lipinski definition) is 7. The van der Waals surface area contributed by atoms with Gasteiger partial charge in [0.25, 0.3) is 0 Å². The summed E-state index contributed by atoms with van der Waals surface area (Å²) in [7, 11) is 4.26. The van der Waals surface area contributed by atoms with Gasteiger partial charge >= 0.3 is 12.1 Å². The number of halogens is 4. The van der Waals surface area contributed by atoms with Crippen LogP contribution in [0, 0.1) is 17.7 Å². The highest BCUT2D eigenvalue weighted by molar-refractivity contribution is 6.03. The molecule has 0 spiro atoms. The van der Waals surface area contributed by atoms with Crippen LogP contribution in [-0.2, 0) is 30.6 Å². The number of benzene rings is 1. The minimum Gasteiger partial charge on any atom is -0.478 e. The zero-order valence-electron chi connectivity index (χ0n) is 25.2. The van der Waals surface area contributed by atoms with Gasteiger partial charge in [0.05, 0.1) is 37.1 Å². The van der Waals surface area contributed by atoms with Gasteiger partial charge < -0.3 is 29.0 Å². The lowest BCUT2D eigenvalue weighted by Gasteiger charge is -2.36. The van der Waals surface area contributed by atoms with Gasteiger partial charge in [0, 0.05) is 51.0 Å². The summed E-state index contributed by atoms with van der Waals surface area (Å²) >= 11 is 0. The number of methoxy groups -OCH3 is 3. The number of aromatic carboxylic acids is 1. The Morgan fingerprint density at radius 2 is 1.68 bits per heavy atom. The largest absolute Gasteiger partial charge is 0.478 e. The third-order valence-corrected chi connectivity index (χ3v) is 8.48. The predicted molar refractivity (Wildman–Crippen MR) is 152 cm³/mol. The molecule has 0 unspecified atom stereocenters. The van der Waals surface area contributed by atoms with E-state index in [1.807, 2.05) is 0 Å². The number of rotatable bonds is 13. The third kappa shape index (κ3) is 7.32. The number of carboxylic acids is 1. The second kappa shape index (κ2) is 13.8. The molecule has 1 aromatic carbocycles. The first-order chi connectivity index (χ1) is 20.8. The van der Waals surface area contributed by atoms with E-state index in [0.717, 1.165) is 31.0 Å². The molecule has 2 fully saturated rings. The van der Waals surface area contributed by atoms with Crippen LogP contribution in [0.1, 0.15) is 66.9 Å². The summed E-state index contributed by atoms with van der Waals surface area (Å²) in [5.74, 6) is -4.85. The minimum atomic E-state index is -4.90. The van der Waals surface area contributed by atoms with E-state index < -0.39 is 64.0 Å². The SMILES string of the molecule is COCC(COC)N(C(=O)C1CCC(C)CC1)c1cc(F)c(Oc2ncc(C3(COC)CC3)cc2C(F)(F)F)cc1C(=O)O. The Balaban J connectivity index is 1.77. The Labute approximate surface area is 253 Å². The Morgan fingerprint density at radius 1 is 1.05 bits per heavy atom. The van der Waals surface area contributed by atoms with Crippen molar-refractivity contribution in [3.05, 3.63) is 46.9 Å². The number of nitrogens with zero attached hydrogens (tertiary/aromatic N) is 2. The summed E-state index contributed by atoms with van der Waals surface area (Å²) in [6, 6.07) is 1.66. The average Bonchev–Trinajstić information content (AvgIpc) is 3.75. The molecule has 0 bridgehead atoms. The van der Waals surface area contributed by atoms with Gasteiger partial charge in [-0.3, -0.25) is 4.79 Å². The van der Waals surface area contributed by atoms with Gasteiger partial charge in [-0.1, -0.05) is 6.92 Å². The molecule has 44 heavy (non-hydrogen) atoms. The van der Waals surface area contributed by atoms with Gasteiger partial charge in [-0.25, -0.2) is 14.2 Å². The van der Waals surface area contributed by atoms with E-state index in [-0.39, 0.29) is 25.5 Å². The summed E-state index contributed by atoms with van der Waals surface area (Å²) < 4.78 is 79.1. The number of anilines is 1. The minimum absolute atomic E-state index is 0.0442. The first-order valence-electron chi connectivity index (χ1n) is 14.5. The predicted octanol–water partition coefficient (Wildman–Crippen LogP) is 6.23. The zero-order chi connectivity index (χ0) is 32.2. The topological polar surface area (TPSA) is 107 Å². The summed E-state index contributed by atoms with van der Waals surface area (Å²) in [4.78, 5) is 31.4. The molecule has 1 aromatic heterocycles. The maximum absolute atomic E-state index is 15.7. The fourth-order valence-electron chi connectivity index (χ4n) is 5.85. The molecule has 13 heteroatoms. The van der Waals surface area contributed by atoms with Crippen LogP contribution in [0.5, 0.6) is 11.6 Å². The molecule has 0 aliphatic heterocycles. The summed E-state index contributed by atoms with van der Waals surface area (Å²) in [5.41, 5.74) is -2.33. The lowest BCUT2D eigenvalue weighted by atomic mass is 9.82. The standard InChI is InChI=1S/C31H38F4N2O7/c1-18-5-7-19(8-6-18)28(38)37(21(15-41-2)16-42-3)25-13-24(32)26(12-22(25)29(39)40)44-27-23(31(33,34)35)11-20(14-36-27)30(9-10-30)17-43-4/h11-14,18-19,21H,5-10,15-17H2,1-4H3,(H,39,40). The van der Waals surface area contributed by atoms with Crippen LogP contribution < -0.4 is 9.64 Å². The molecule has 1 heterocycles. The molecule has 0 atom stereocenters. The van der Waals surface area contributed by atoms with Gasteiger partial charge in [0.1, 0.15) is 5.56 Å². The summed E-state index contributed by atoms with van der Waals surface area (Å²) in [5, 5.41) is 10.1. The highest BCUT2D eigenvalue weighted by Crippen LogP contribution is 2.50. The van der Waals surface area contributed by atoms with Crippen molar-refractivity contribution in [3.8, 4) is 11.6 Å². The van der Waals surface area contributed by atoms with E-state index in [1.165, 1.54) is 32.4 Å². The van der Waals surface area contributed by atoms with E-state index in [9.17, 15) is 27.9 Å². The Bertz CT molecular complexity index is 1340. The Kier molecular flexibility index (Phi) is 10.5. The lowest BCUT2D eigenvalue weighted by Crippen LogP contribution is -2.49. The molecular formula is C31H38F4N2O7. The van der Waals surface area contributed by atoms with Gasteiger partial charge in [0.2, 0.25) is 11.8 Å². The number of alkyl halides is 3. The number of amides is 1. The van der Waals surface area contributed by atoms with E-state index >= 15 is 4.39 Å². The number of aromatic nitrogens is 1. The molecule has 242 valence electrons. The second-order valence-corrected chi connectivity index (χ2v) is 11.7. The van der Waals surface area contributed by atoms with Gasteiger partial charge in [-0.15, -0.1) is 0 Å². The van der Waals surface area contributed by atoms with Crippen LogP contribution in [0.15, 0.2) is 24.4 Å². The van der Waals surface area contributed by atoms with Crippen molar-refractivity contribution >= 4 is 17.6 Å². The molecule has 2 aliphatic rings. The number of carbonyl (C=O) groups excluding carboxylic acids is 1. The first-order valence-corrected chi connectivity index (χ1v) is 14.5. The third-order valence-electron chi connectivity index (χ3n) is 8.48. The molecule has 2 saturated carbocycles. The summed E-state index contributed by atoms with van der Waals surface area (Å²) in [6.07, 6.45) is 0.327. The van der Waals surface area contributed by atoms with Crippen LogP contribution >= 0.6 is 0 Å². The lowest BCUT2D eigenvalue weighted by molar-refractivity contribution is -0.139. The number of ether oxygens (including phenoxy) is 4. The quantitative estimate of drug-likeness (QED) is 0.261. The second-order valence-electron chi connectivity index (χ2n) is 11.7. The van der Waals surface area contributed by atoms with Crippen molar-refractivity contribution < 1.29 is 51.2 Å². The van der Waals surface area contributed by atoms with Crippen molar-refractivity contribution in [2.24, 2.45) is 11.8 Å². The number of hydrogen-bond donors (Lipinski definition) is 1. The number of carboxylic acid groups (broad SMARTS) is 1. The van der Waals surface area contributed by atoms with Crippen LogP contribution in [0.2, 0.25) is 0 Å². The maximum Gasteiger partial charge on any atom is 0.421 e. The van der Waals surface area contributed by atoms with Crippen molar-refractivity contribution in [1.82, 2.24) is 4.98 Å². The van der Waals surface area contributed by atoms with E-state index in [4.69, 9.17) is 18.9 Å². The fraction of sp³-hybridized carbons (Fsp3) is 0.581. The zero-order valence-corrected chi connectivity index (χ0v) is 25.2. The van der Waals surface area contributed by atoms with Crippen LogP contribution in [0.3, 0.4) is 0 Å². The van der Waals surface area contributed by atoms with E-state index in [1.54, 1.807) is 0 Å². The van der Waals surface area contributed by atoms with E-state index in [2.05, 4.69) is 11.9 Å². The van der Waals surface area contributed by atoms with Crippen molar-refractivity contribution in [2.75, 3.05) is 46.0 Å². The van der Waals surface area contributed by atoms with E-state index in [0.29, 0.717) is 37.2 Å². The molecule has 2 aromatic rings. The number of carbonyl (C=O) groups is 2.